The van der Waals surface area contributed by atoms with Crippen LogP contribution in [0.4, 0.5) is 18.9 Å². The van der Waals surface area contributed by atoms with E-state index < -0.39 is 21.8 Å². The quantitative estimate of drug-likeness (QED) is 0.660. The van der Waals surface area contributed by atoms with E-state index >= 15 is 0 Å². The van der Waals surface area contributed by atoms with Crippen LogP contribution >= 0.6 is 0 Å². The van der Waals surface area contributed by atoms with Crippen LogP contribution in [0.2, 0.25) is 0 Å². The molecule has 0 bridgehead atoms. The first-order valence-corrected chi connectivity index (χ1v) is 11.2. The predicted octanol–water partition coefficient (Wildman–Crippen LogP) is 3.94. The second kappa shape index (κ2) is 9.36. The first kappa shape index (κ1) is 22.6. The summed E-state index contributed by atoms with van der Waals surface area (Å²) in [4.78, 5) is 2.15. The smallest absolute Gasteiger partial charge is 0.385 e. The van der Waals surface area contributed by atoms with Crippen molar-refractivity contribution in [2.45, 2.75) is 30.3 Å². The van der Waals surface area contributed by atoms with Crippen LogP contribution in [0.5, 0.6) is 0 Å². The highest BCUT2D eigenvalue weighted by atomic mass is 32.2. The Kier molecular flexibility index (Phi) is 7.05. The number of sulfonamides is 1. The number of benzene rings is 2. The zero-order valence-electron chi connectivity index (χ0n) is 16.7. The van der Waals surface area contributed by atoms with Crippen molar-refractivity contribution in [3.05, 3.63) is 59.2 Å². The Balaban J connectivity index is 1.70. The molecule has 1 heterocycles. The Morgan fingerprint density at radius 2 is 1.70 bits per heavy atom. The lowest BCUT2D eigenvalue weighted by atomic mass is 10.0. The van der Waals surface area contributed by atoms with Gasteiger partial charge < -0.3 is 9.64 Å². The van der Waals surface area contributed by atoms with Crippen LogP contribution in [0.25, 0.3) is 0 Å². The molecule has 0 saturated carbocycles. The van der Waals surface area contributed by atoms with Crippen LogP contribution in [0.1, 0.15) is 23.1 Å². The van der Waals surface area contributed by atoms with Gasteiger partial charge in [-0.3, -0.25) is 4.72 Å². The minimum atomic E-state index is -4.51. The third kappa shape index (κ3) is 5.74. The lowest BCUT2D eigenvalue weighted by Crippen LogP contribution is -2.28. The van der Waals surface area contributed by atoms with Crippen LogP contribution in [-0.4, -0.2) is 46.7 Å². The number of ether oxygens (including phenoxy) is 1. The number of nitrogens with one attached hydrogen (secondary N) is 1. The molecule has 2 aromatic rings. The maximum absolute atomic E-state index is 12.7. The number of nitrogens with zero attached hydrogens (tertiary/aromatic N) is 1. The fourth-order valence-corrected chi connectivity index (χ4v) is 4.58. The molecule has 0 unspecified atom stereocenters. The Hall–Kier alpha value is -2.10. The van der Waals surface area contributed by atoms with Crippen molar-refractivity contribution in [2.75, 3.05) is 38.1 Å². The van der Waals surface area contributed by atoms with E-state index in [9.17, 15) is 21.6 Å². The van der Waals surface area contributed by atoms with Gasteiger partial charge in [0.2, 0.25) is 0 Å². The molecule has 3 rings (SSSR count). The second-order valence-electron chi connectivity index (χ2n) is 7.30. The molecule has 5 nitrogen and oxygen atoms in total. The molecular formula is C21H25F3N2O3S. The van der Waals surface area contributed by atoms with Crippen molar-refractivity contribution < 1.29 is 26.3 Å². The summed E-state index contributed by atoms with van der Waals surface area (Å²) in [5, 5.41) is 0. The highest BCUT2D eigenvalue weighted by Gasteiger charge is 2.30. The van der Waals surface area contributed by atoms with Gasteiger partial charge in [-0.15, -0.1) is 0 Å². The molecule has 0 radical (unpaired) electrons. The maximum Gasteiger partial charge on any atom is 0.416 e. The molecule has 164 valence electrons. The van der Waals surface area contributed by atoms with Gasteiger partial charge in [-0.2, -0.15) is 13.2 Å². The van der Waals surface area contributed by atoms with Gasteiger partial charge in [0.1, 0.15) is 0 Å². The van der Waals surface area contributed by atoms with Crippen LogP contribution in [-0.2, 0) is 33.8 Å². The van der Waals surface area contributed by atoms with E-state index in [1.807, 2.05) is 12.1 Å². The number of alkyl halides is 3. The van der Waals surface area contributed by atoms with Crippen LogP contribution in [0, 0.1) is 0 Å². The van der Waals surface area contributed by atoms with Gasteiger partial charge in [0.25, 0.3) is 10.0 Å². The van der Waals surface area contributed by atoms with E-state index in [1.54, 1.807) is 13.2 Å². The average molecular weight is 443 g/mol. The number of fused-ring (bicyclic) bond motifs is 1. The molecule has 1 aliphatic rings. The number of halogens is 3. The van der Waals surface area contributed by atoms with E-state index in [2.05, 4.69) is 9.62 Å². The van der Waals surface area contributed by atoms with Gasteiger partial charge in [-0.25, -0.2) is 8.42 Å². The molecule has 0 saturated heterocycles. The van der Waals surface area contributed by atoms with E-state index in [0.717, 1.165) is 75.3 Å². The average Bonchev–Trinajstić information content (AvgIpc) is 2.89. The number of rotatable bonds is 7. The van der Waals surface area contributed by atoms with E-state index in [-0.39, 0.29) is 4.90 Å². The fourth-order valence-electron chi connectivity index (χ4n) is 3.53. The topological polar surface area (TPSA) is 58.6 Å². The number of methoxy groups -OCH3 is 1. The molecular weight excluding hydrogens is 417 g/mol. The van der Waals surface area contributed by atoms with Gasteiger partial charge in [-0.05, 0) is 66.8 Å². The normalized spacial score (nSPS) is 15.5. The van der Waals surface area contributed by atoms with E-state index in [4.69, 9.17) is 4.74 Å². The molecule has 1 aliphatic heterocycles. The summed E-state index contributed by atoms with van der Waals surface area (Å²) in [6.45, 7) is 3.49. The molecule has 0 atom stereocenters. The molecule has 30 heavy (non-hydrogen) atoms. The summed E-state index contributed by atoms with van der Waals surface area (Å²) < 4.78 is 70.8. The Morgan fingerprint density at radius 3 is 2.33 bits per heavy atom. The molecule has 9 heteroatoms. The molecule has 0 aliphatic carbocycles. The third-order valence-corrected chi connectivity index (χ3v) is 6.57. The minimum Gasteiger partial charge on any atom is -0.385 e. The largest absolute Gasteiger partial charge is 0.416 e. The van der Waals surface area contributed by atoms with Crippen LogP contribution in [0.15, 0.2) is 47.4 Å². The zero-order valence-corrected chi connectivity index (χ0v) is 17.5. The molecule has 0 spiro atoms. The van der Waals surface area contributed by atoms with Crippen molar-refractivity contribution >= 4 is 15.7 Å². The molecule has 2 aromatic carbocycles. The number of hydrogen-bond donors (Lipinski definition) is 1. The van der Waals surface area contributed by atoms with Crippen molar-refractivity contribution in [1.82, 2.24) is 4.90 Å². The van der Waals surface area contributed by atoms with E-state index in [1.165, 1.54) is 5.56 Å². The number of hydrogen-bond acceptors (Lipinski definition) is 4. The highest BCUT2D eigenvalue weighted by molar-refractivity contribution is 7.92. The second-order valence-corrected chi connectivity index (χ2v) is 8.98. The summed E-state index contributed by atoms with van der Waals surface area (Å²) in [7, 11) is -2.29. The SMILES string of the molecule is COCCCN1CCc2ccc(NS(=O)(=O)c3ccc(C(F)(F)F)cc3)cc2CC1. The van der Waals surface area contributed by atoms with Crippen molar-refractivity contribution in [3.63, 3.8) is 0 Å². The van der Waals surface area contributed by atoms with Crippen molar-refractivity contribution in [3.8, 4) is 0 Å². The monoisotopic (exact) mass is 442 g/mol. The third-order valence-electron chi connectivity index (χ3n) is 5.17. The van der Waals surface area contributed by atoms with Crippen LogP contribution in [0.3, 0.4) is 0 Å². The standard InChI is InChI=1S/C21H25F3N2O3S/c1-29-14-2-11-26-12-9-16-3-6-19(15-17(16)10-13-26)25-30(27,28)20-7-4-18(5-8-20)21(22,23)24/h3-8,15,25H,2,9-14H2,1H3. The molecule has 0 aromatic heterocycles. The molecule has 0 amide bonds. The van der Waals surface area contributed by atoms with Gasteiger partial charge in [0.05, 0.1) is 10.5 Å². The lowest BCUT2D eigenvalue weighted by Gasteiger charge is -2.19. The summed E-state index contributed by atoms with van der Waals surface area (Å²) in [5.74, 6) is 0. The number of anilines is 1. The fraction of sp³-hybridized carbons (Fsp3) is 0.429. The maximum atomic E-state index is 12.7. The first-order valence-electron chi connectivity index (χ1n) is 9.72. The molecule has 1 N–H and O–H groups in total. The van der Waals surface area contributed by atoms with Gasteiger partial charge in [0.15, 0.2) is 0 Å². The predicted molar refractivity (Wildman–Crippen MR) is 109 cm³/mol. The highest BCUT2D eigenvalue weighted by Crippen LogP contribution is 2.30. The summed E-state index contributed by atoms with van der Waals surface area (Å²) in [6, 6.07) is 8.89. The van der Waals surface area contributed by atoms with Gasteiger partial charge in [0, 0.05) is 39.0 Å². The van der Waals surface area contributed by atoms with E-state index in [0.29, 0.717) is 5.69 Å². The Morgan fingerprint density at radius 1 is 1.03 bits per heavy atom. The summed E-state index contributed by atoms with van der Waals surface area (Å²) in [6.07, 6.45) is -1.86. The Bertz CT molecular complexity index is 960. The summed E-state index contributed by atoms with van der Waals surface area (Å²) in [5.41, 5.74) is 1.78. The first-order chi connectivity index (χ1) is 14.2. The van der Waals surface area contributed by atoms with Crippen LogP contribution < -0.4 is 4.72 Å². The lowest BCUT2D eigenvalue weighted by molar-refractivity contribution is -0.137. The van der Waals surface area contributed by atoms with Gasteiger partial charge >= 0.3 is 6.18 Å². The summed E-state index contributed by atoms with van der Waals surface area (Å²) >= 11 is 0. The van der Waals surface area contributed by atoms with Gasteiger partial charge in [-0.1, -0.05) is 6.07 Å². The minimum absolute atomic E-state index is 0.213. The van der Waals surface area contributed by atoms with Crippen molar-refractivity contribution in [2.24, 2.45) is 0 Å². The molecule has 0 fully saturated rings. The zero-order chi connectivity index (χ0) is 21.8. The Labute approximate surface area is 174 Å². The van der Waals surface area contributed by atoms with Crippen molar-refractivity contribution in [1.29, 1.82) is 0 Å².